The van der Waals surface area contributed by atoms with E-state index in [1.807, 2.05) is 60.7 Å². The summed E-state index contributed by atoms with van der Waals surface area (Å²) in [6.07, 6.45) is 4.80. The van der Waals surface area contributed by atoms with Gasteiger partial charge in [-0.25, -0.2) is 0 Å². The molecule has 122 valence electrons. The van der Waals surface area contributed by atoms with E-state index in [0.717, 1.165) is 43.1 Å². The Labute approximate surface area is 143 Å². The molecule has 0 amide bonds. The molecular formula is C20H23ClO2. The predicted molar refractivity (Wildman–Crippen MR) is 94.6 cm³/mol. The second-order valence-electron chi connectivity index (χ2n) is 5.61. The number of halogens is 1. The SMILES string of the molecule is CCCCCC(Cl)OC(C=O)(c1ccccc1)c1ccccc1. The van der Waals surface area contributed by atoms with Crippen LogP contribution in [-0.2, 0) is 15.1 Å². The molecule has 2 aromatic rings. The van der Waals surface area contributed by atoms with Gasteiger partial charge in [0.05, 0.1) is 0 Å². The van der Waals surface area contributed by atoms with E-state index in [4.69, 9.17) is 16.3 Å². The minimum absolute atomic E-state index is 0.507. The largest absolute Gasteiger partial charge is 0.339 e. The normalized spacial score (nSPS) is 12.8. The molecule has 0 saturated heterocycles. The first kappa shape index (κ1) is 17.7. The molecule has 0 radical (unpaired) electrons. The van der Waals surface area contributed by atoms with Crippen LogP contribution in [0.2, 0.25) is 0 Å². The monoisotopic (exact) mass is 330 g/mol. The summed E-state index contributed by atoms with van der Waals surface area (Å²) in [5, 5.41) is 0. The van der Waals surface area contributed by atoms with Gasteiger partial charge in [0.1, 0.15) is 5.56 Å². The molecular weight excluding hydrogens is 308 g/mol. The fourth-order valence-corrected chi connectivity index (χ4v) is 2.95. The number of hydrogen-bond acceptors (Lipinski definition) is 2. The fraction of sp³-hybridized carbons (Fsp3) is 0.350. The van der Waals surface area contributed by atoms with Crippen molar-refractivity contribution in [1.29, 1.82) is 0 Å². The van der Waals surface area contributed by atoms with Gasteiger partial charge in [-0.15, -0.1) is 0 Å². The van der Waals surface area contributed by atoms with Crippen LogP contribution in [0.3, 0.4) is 0 Å². The van der Waals surface area contributed by atoms with Crippen molar-refractivity contribution in [1.82, 2.24) is 0 Å². The van der Waals surface area contributed by atoms with Crippen molar-refractivity contribution in [2.75, 3.05) is 0 Å². The third-order valence-electron chi connectivity index (χ3n) is 3.92. The van der Waals surface area contributed by atoms with Crippen LogP contribution in [0.15, 0.2) is 60.7 Å². The van der Waals surface area contributed by atoms with Gasteiger partial charge in [-0.05, 0) is 24.0 Å². The molecule has 3 heteroatoms. The average Bonchev–Trinajstić information content (AvgIpc) is 2.61. The predicted octanol–water partition coefficient (Wildman–Crippen LogP) is 5.29. The van der Waals surface area contributed by atoms with E-state index in [9.17, 15) is 4.79 Å². The number of unbranched alkanes of at least 4 members (excludes halogenated alkanes) is 2. The molecule has 0 N–H and O–H groups in total. The Morgan fingerprint density at radius 1 is 1.00 bits per heavy atom. The van der Waals surface area contributed by atoms with E-state index in [0.29, 0.717) is 0 Å². The summed E-state index contributed by atoms with van der Waals surface area (Å²) in [5.41, 5.74) is -0.0851. The van der Waals surface area contributed by atoms with Gasteiger partial charge >= 0.3 is 0 Å². The molecule has 0 fully saturated rings. The van der Waals surface area contributed by atoms with E-state index in [1.165, 1.54) is 0 Å². The Balaban J connectivity index is 2.33. The van der Waals surface area contributed by atoms with Crippen molar-refractivity contribution >= 4 is 17.9 Å². The number of carbonyl (C=O) groups excluding carboxylic acids is 1. The number of rotatable bonds is 9. The zero-order chi connectivity index (χ0) is 16.5. The Morgan fingerprint density at radius 3 is 1.96 bits per heavy atom. The minimum Gasteiger partial charge on any atom is -0.339 e. The lowest BCUT2D eigenvalue weighted by atomic mass is 9.87. The Kier molecular flexibility index (Phi) is 6.82. The van der Waals surface area contributed by atoms with Crippen LogP contribution in [0.4, 0.5) is 0 Å². The molecule has 23 heavy (non-hydrogen) atoms. The molecule has 0 spiro atoms. The van der Waals surface area contributed by atoms with Crippen LogP contribution in [0.5, 0.6) is 0 Å². The summed E-state index contributed by atoms with van der Waals surface area (Å²) in [6, 6.07) is 19.1. The van der Waals surface area contributed by atoms with Crippen LogP contribution in [0.1, 0.15) is 43.7 Å². The maximum absolute atomic E-state index is 12.1. The summed E-state index contributed by atoms with van der Waals surface area (Å²) in [6.45, 7) is 2.15. The topological polar surface area (TPSA) is 26.3 Å². The van der Waals surface area contributed by atoms with E-state index < -0.39 is 11.2 Å². The van der Waals surface area contributed by atoms with Crippen LogP contribution in [0, 0.1) is 0 Å². The third kappa shape index (κ3) is 4.43. The molecule has 1 atom stereocenters. The molecule has 0 heterocycles. The number of aldehydes is 1. The van der Waals surface area contributed by atoms with Crippen molar-refractivity contribution in [3.8, 4) is 0 Å². The van der Waals surface area contributed by atoms with Crippen LogP contribution < -0.4 is 0 Å². The van der Waals surface area contributed by atoms with Gasteiger partial charge in [0.15, 0.2) is 11.9 Å². The molecule has 0 aliphatic heterocycles. The van der Waals surface area contributed by atoms with Crippen molar-refractivity contribution in [2.24, 2.45) is 0 Å². The summed E-state index contributed by atoms with van der Waals surface area (Å²) in [5.74, 6) is 0. The molecule has 2 aromatic carbocycles. The summed E-state index contributed by atoms with van der Waals surface area (Å²) in [4.78, 5) is 12.1. The molecule has 0 aromatic heterocycles. The number of carbonyl (C=O) groups is 1. The van der Waals surface area contributed by atoms with Crippen molar-refractivity contribution < 1.29 is 9.53 Å². The fourth-order valence-electron chi connectivity index (χ4n) is 2.65. The third-order valence-corrected chi connectivity index (χ3v) is 4.23. The molecule has 0 bridgehead atoms. The van der Waals surface area contributed by atoms with Gasteiger partial charge in [-0.2, -0.15) is 0 Å². The molecule has 2 nitrogen and oxygen atoms in total. The van der Waals surface area contributed by atoms with Crippen LogP contribution >= 0.6 is 11.6 Å². The molecule has 1 unspecified atom stereocenters. The van der Waals surface area contributed by atoms with Crippen molar-refractivity contribution in [2.45, 2.75) is 43.8 Å². The van der Waals surface area contributed by atoms with Crippen molar-refractivity contribution in [3.63, 3.8) is 0 Å². The summed E-state index contributed by atoms with van der Waals surface area (Å²) >= 11 is 6.40. The van der Waals surface area contributed by atoms with Gasteiger partial charge in [-0.3, -0.25) is 4.79 Å². The second kappa shape index (κ2) is 8.85. The standard InChI is InChI=1S/C20H23ClO2/c1-2-3-6-15-19(21)23-20(16-22,17-11-7-4-8-12-17)18-13-9-5-10-14-18/h4-5,7-14,16,19H,2-3,6,15H2,1H3. The second-order valence-corrected chi connectivity index (χ2v) is 6.10. The van der Waals surface area contributed by atoms with Crippen molar-refractivity contribution in [3.05, 3.63) is 71.8 Å². The highest BCUT2D eigenvalue weighted by molar-refractivity contribution is 6.19. The molecule has 2 rings (SSSR count). The van der Waals surface area contributed by atoms with E-state index in [1.54, 1.807) is 0 Å². The first-order chi connectivity index (χ1) is 11.2. The highest BCUT2D eigenvalue weighted by Crippen LogP contribution is 2.34. The zero-order valence-corrected chi connectivity index (χ0v) is 14.2. The number of benzene rings is 2. The quantitative estimate of drug-likeness (QED) is 0.354. The minimum atomic E-state index is -1.17. The lowest BCUT2D eigenvalue weighted by molar-refractivity contribution is -0.130. The smallest absolute Gasteiger partial charge is 0.175 e. The Hall–Kier alpha value is -1.64. The Bertz CT molecular complexity index is 544. The lowest BCUT2D eigenvalue weighted by Crippen LogP contribution is -2.35. The van der Waals surface area contributed by atoms with Crippen LogP contribution in [-0.4, -0.2) is 11.8 Å². The number of ether oxygens (including phenoxy) is 1. The maximum atomic E-state index is 12.1. The molecule has 0 aliphatic carbocycles. The summed E-state index contributed by atoms with van der Waals surface area (Å²) < 4.78 is 6.10. The van der Waals surface area contributed by atoms with Gasteiger partial charge in [0.25, 0.3) is 0 Å². The van der Waals surface area contributed by atoms with Gasteiger partial charge in [0.2, 0.25) is 0 Å². The first-order valence-electron chi connectivity index (χ1n) is 8.12. The lowest BCUT2D eigenvalue weighted by Gasteiger charge is -2.31. The molecule has 0 aliphatic rings. The number of alkyl halides is 1. The first-order valence-corrected chi connectivity index (χ1v) is 8.56. The van der Waals surface area contributed by atoms with E-state index >= 15 is 0 Å². The number of hydrogen-bond donors (Lipinski definition) is 0. The van der Waals surface area contributed by atoms with Gasteiger partial charge < -0.3 is 4.74 Å². The highest BCUT2D eigenvalue weighted by atomic mass is 35.5. The van der Waals surface area contributed by atoms with Gasteiger partial charge in [0, 0.05) is 0 Å². The summed E-state index contributed by atoms with van der Waals surface area (Å²) in [7, 11) is 0. The highest BCUT2D eigenvalue weighted by Gasteiger charge is 2.37. The average molecular weight is 331 g/mol. The maximum Gasteiger partial charge on any atom is 0.175 e. The molecule has 0 saturated carbocycles. The zero-order valence-electron chi connectivity index (χ0n) is 13.5. The van der Waals surface area contributed by atoms with Crippen LogP contribution in [0.25, 0.3) is 0 Å². The van der Waals surface area contributed by atoms with Gasteiger partial charge in [-0.1, -0.05) is 92.0 Å². The van der Waals surface area contributed by atoms with E-state index in [2.05, 4.69) is 6.92 Å². The Morgan fingerprint density at radius 2 is 1.52 bits per heavy atom. The van der Waals surface area contributed by atoms with E-state index in [-0.39, 0.29) is 0 Å².